The predicted octanol–water partition coefficient (Wildman–Crippen LogP) is 3.15. The molecule has 0 fully saturated rings. The molecule has 0 spiro atoms. The first-order valence-corrected chi connectivity index (χ1v) is 10.8. The van der Waals surface area contributed by atoms with Crippen LogP contribution in [0, 0.1) is 0 Å². The van der Waals surface area contributed by atoms with Crippen LogP contribution in [0.15, 0.2) is 47.7 Å². The first-order chi connectivity index (χ1) is 14.0. The molecule has 0 amide bonds. The summed E-state index contributed by atoms with van der Waals surface area (Å²) in [6, 6.07) is 11.6. The fourth-order valence-corrected chi connectivity index (χ4v) is 3.59. The summed E-state index contributed by atoms with van der Waals surface area (Å²) in [6.07, 6.45) is 5.87. The van der Waals surface area contributed by atoms with Gasteiger partial charge < -0.3 is 15.2 Å². The topological polar surface area (TPSA) is 57.5 Å². The van der Waals surface area contributed by atoms with Crippen LogP contribution in [0.25, 0.3) is 0 Å². The lowest BCUT2D eigenvalue weighted by atomic mass is 10.2. The maximum absolute atomic E-state index is 4.52. The molecule has 0 saturated heterocycles. The Balaban J connectivity index is 1.72. The van der Waals surface area contributed by atoms with E-state index in [1.807, 2.05) is 25.5 Å². The van der Waals surface area contributed by atoms with Crippen molar-refractivity contribution in [3.8, 4) is 0 Å². The van der Waals surface area contributed by atoms with Gasteiger partial charge in [0.15, 0.2) is 5.96 Å². The van der Waals surface area contributed by atoms with Gasteiger partial charge in [0.25, 0.3) is 0 Å². The molecule has 2 aromatic rings. The Labute approximate surface area is 176 Å². The maximum atomic E-state index is 4.52. The second kappa shape index (κ2) is 12.3. The molecule has 2 N–H and O–H groups in total. The molecular weight excluding hydrogens is 360 g/mol. The van der Waals surface area contributed by atoms with Gasteiger partial charge >= 0.3 is 0 Å². The van der Waals surface area contributed by atoms with Gasteiger partial charge in [0.1, 0.15) is 5.82 Å². The number of hydrogen-bond donors (Lipinski definition) is 2. The Hall–Kier alpha value is -2.34. The van der Waals surface area contributed by atoms with E-state index in [-0.39, 0.29) is 0 Å². The van der Waals surface area contributed by atoms with Crippen LogP contribution in [0.2, 0.25) is 0 Å². The van der Waals surface area contributed by atoms with Crippen molar-refractivity contribution < 1.29 is 0 Å². The Bertz CT molecular complexity index is 712. The first kappa shape index (κ1) is 22.9. The third-order valence-corrected chi connectivity index (χ3v) is 5.07. The monoisotopic (exact) mass is 398 g/mol. The van der Waals surface area contributed by atoms with Gasteiger partial charge in [0.2, 0.25) is 0 Å². The number of hydrogen-bond acceptors (Lipinski definition) is 3. The minimum absolute atomic E-state index is 0.576. The third-order valence-electron chi connectivity index (χ3n) is 5.07. The molecule has 160 valence electrons. The van der Waals surface area contributed by atoms with Crippen LogP contribution in [-0.4, -0.2) is 59.2 Å². The summed E-state index contributed by atoms with van der Waals surface area (Å²) in [5, 5.41) is 6.83. The SMILES string of the molecule is CN=C(NCCCN(C(C)C)C(C)C)NCCc1nccn1Cc1ccccc1. The molecule has 1 aromatic carbocycles. The van der Waals surface area contributed by atoms with Crippen molar-refractivity contribution in [2.75, 3.05) is 26.7 Å². The molecule has 0 unspecified atom stereocenters. The van der Waals surface area contributed by atoms with Gasteiger partial charge in [0, 0.05) is 64.1 Å². The highest BCUT2D eigenvalue weighted by Crippen LogP contribution is 2.06. The molecule has 1 heterocycles. The average Bonchev–Trinajstić information content (AvgIpc) is 3.13. The van der Waals surface area contributed by atoms with E-state index in [0.29, 0.717) is 12.1 Å². The molecule has 0 bridgehead atoms. The number of guanidine groups is 1. The van der Waals surface area contributed by atoms with Crippen LogP contribution in [0.3, 0.4) is 0 Å². The van der Waals surface area contributed by atoms with Crippen molar-refractivity contribution in [3.63, 3.8) is 0 Å². The van der Waals surface area contributed by atoms with E-state index in [1.165, 1.54) is 5.56 Å². The van der Waals surface area contributed by atoms with Crippen molar-refractivity contribution in [3.05, 3.63) is 54.1 Å². The van der Waals surface area contributed by atoms with Gasteiger partial charge in [-0.3, -0.25) is 9.89 Å². The molecule has 0 saturated carbocycles. The van der Waals surface area contributed by atoms with Gasteiger partial charge in [-0.05, 0) is 39.7 Å². The van der Waals surface area contributed by atoms with Crippen molar-refractivity contribution in [1.29, 1.82) is 0 Å². The van der Waals surface area contributed by atoms with E-state index in [2.05, 4.69) is 82.0 Å². The largest absolute Gasteiger partial charge is 0.356 e. The van der Waals surface area contributed by atoms with E-state index in [4.69, 9.17) is 0 Å². The molecule has 1 aromatic heterocycles. The average molecular weight is 399 g/mol. The summed E-state index contributed by atoms with van der Waals surface area (Å²) in [4.78, 5) is 11.4. The van der Waals surface area contributed by atoms with Gasteiger partial charge in [-0.2, -0.15) is 0 Å². The number of nitrogens with one attached hydrogen (secondary N) is 2. The molecule has 0 aliphatic heterocycles. The lowest BCUT2D eigenvalue weighted by molar-refractivity contribution is 0.173. The Morgan fingerprint density at radius 3 is 2.41 bits per heavy atom. The van der Waals surface area contributed by atoms with Crippen LogP contribution in [-0.2, 0) is 13.0 Å². The van der Waals surface area contributed by atoms with Crippen molar-refractivity contribution >= 4 is 5.96 Å². The molecule has 0 aliphatic rings. The molecular formula is C23H38N6. The highest BCUT2D eigenvalue weighted by molar-refractivity contribution is 5.79. The quantitative estimate of drug-likeness (QED) is 0.347. The Kier molecular flexibility index (Phi) is 9.71. The van der Waals surface area contributed by atoms with Gasteiger partial charge in [-0.25, -0.2) is 4.98 Å². The standard InChI is InChI=1S/C23H38N6/c1-19(2)29(20(3)4)16-9-13-26-23(24-5)27-14-12-22-25-15-17-28(22)18-21-10-7-6-8-11-21/h6-8,10-11,15,17,19-20H,9,12-14,16,18H2,1-5H3,(H2,24,26,27). The second-order valence-electron chi connectivity index (χ2n) is 7.91. The molecule has 6 nitrogen and oxygen atoms in total. The van der Waals surface area contributed by atoms with Gasteiger partial charge in [-0.15, -0.1) is 0 Å². The summed E-state index contributed by atoms with van der Waals surface area (Å²) in [6.45, 7) is 12.7. The molecule has 2 rings (SSSR count). The van der Waals surface area contributed by atoms with Gasteiger partial charge in [0.05, 0.1) is 0 Å². The second-order valence-corrected chi connectivity index (χ2v) is 7.91. The lowest BCUT2D eigenvalue weighted by Gasteiger charge is -2.30. The summed E-state index contributed by atoms with van der Waals surface area (Å²) >= 11 is 0. The smallest absolute Gasteiger partial charge is 0.190 e. The van der Waals surface area contributed by atoms with Crippen LogP contribution in [0.5, 0.6) is 0 Å². The van der Waals surface area contributed by atoms with Crippen molar-refractivity contribution in [2.24, 2.45) is 4.99 Å². The highest BCUT2D eigenvalue weighted by Gasteiger charge is 2.12. The molecule has 29 heavy (non-hydrogen) atoms. The molecule has 0 atom stereocenters. The molecule has 6 heteroatoms. The predicted molar refractivity (Wildman–Crippen MR) is 122 cm³/mol. The number of aliphatic imine (C=N–C) groups is 1. The fraction of sp³-hybridized carbons (Fsp3) is 0.565. The summed E-state index contributed by atoms with van der Waals surface area (Å²) in [7, 11) is 1.82. The van der Waals surface area contributed by atoms with E-state index >= 15 is 0 Å². The van der Waals surface area contributed by atoms with E-state index in [0.717, 1.165) is 50.8 Å². The minimum Gasteiger partial charge on any atom is -0.356 e. The Morgan fingerprint density at radius 2 is 1.76 bits per heavy atom. The number of imidazole rings is 1. The third kappa shape index (κ3) is 7.89. The van der Waals surface area contributed by atoms with Crippen molar-refractivity contribution in [1.82, 2.24) is 25.1 Å². The zero-order chi connectivity index (χ0) is 21.1. The number of aromatic nitrogens is 2. The first-order valence-electron chi connectivity index (χ1n) is 10.8. The normalized spacial score (nSPS) is 12.2. The minimum atomic E-state index is 0.576. The maximum Gasteiger partial charge on any atom is 0.190 e. The summed E-state index contributed by atoms with van der Waals surface area (Å²) < 4.78 is 2.21. The van der Waals surface area contributed by atoms with Crippen LogP contribution < -0.4 is 10.6 Å². The Morgan fingerprint density at radius 1 is 1.07 bits per heavy atom. The van der Waals surface area contributed by atoms with E-state index < -0.39 is 0 Å². The van der Waals surface area contributed by atoms with E-state index in [9.17, 15) is 0 Å². The highest BCUT2D eigenvalue weighted by atomic mass is 15.2. The van der Waals surface area contributed by atoms with Gasteiger partial charge in [-0.1, -0.05) is 30.3 Å². The number of rotatable bonds is 11. The molecule has 0 radical (unpaired) electrons. The van der Waals surface area contributed by atoms with E-state index in [1.54, 1.807) is 0 Å². The fourth-order valence-electron chi connectivity index (χ4n) is 3.59. The number of nitrogens with zero attached hydrogens (tertiary/aromatic N) is 4. The van der Waals surface area contributed by atoms with Crippen LogP contribution in [0.4, 0.5) is 0 Å². The van der Waals surface area contributed by atoms with Crippen molar-refractivity contribution in [2.45, 2.75) is 59.2 Å². The van der Waals surface area contributed by atoms with Crippen LogP contribution >= 0.6 is 0 Å². The van der Waals surface area contributed by atoms with Crippen LogP contribution in [0.1, 0.15) is 45.5 Å². The zero-order valence-corrected chi connectivity index (χ0v) is 18.7. The molecule has 0 aliphatic carbocycles. The summed E-state index contributed by atoms with van der Waals surface area (Å²) in [5.41, 5.74) is 1.29. The lowest BCUT2D eigenvalue weighted by Crippen LogP contribution is -2.41. The summed E-state index contributed by atoms with van der Waals surface area (Å²) in [5.74, 6) is 1.94. The number of benzene rings is 1. The zero-order valence-electron chi connectivity index (χ0n) is 18.7.